The first-order valence-electron chi connectivity index (χ1n) is 17.5. The molecule has 0 spiro atoms. The summed E-state index contributed by atoms with van der Waals surface area (Å²) in [6, 6.07) is 18.8. The fourth-order valence-electron chi connectivity index (χ4n) is 6.13. The first kappa shape index (κ1) is 42.8. The first-order chi connectivity index (χ1) is 27.8. The van der Waals surface area contributed by atoms with Gasteiger partial charge in [0.15, 0.2) is 22.8 Å². The first-order valence-corrected chi connectivity index (χ1v) is 19.8. The smallest absolute Gasteiger partial charge is 0.356 e. The summed E-state index contributed by atoms with van der Waals surface area (Å²) in [6.07, 6.45) is -0.871. The molecule has 306 valence electrons. The average molecular weight is 878 g/mol. The monoisotopic (exact) mass is 877 g/mol. The maximum atomic E-state index is 14.7. The number of hydrazine groups is 1. The number of β-lactam (4-membered cyclic amide) rings is 1. The second kappa shape index (κ2) is 17.6. The molecule has 1 saturated heterocycles. The van der Waals surface area contributed by atoms with Crippen LogP contribution in [0, 0.1) is 6.92 Å². The van der Waals surface area contributed by atoms with Gasteiger partial charge in [0.25, 0.3) is 23.5 Å². The van der Waals surface area contributed by atoms with Crippen LogP contribution in [0.25, 0.3) is 5.78 Å². The van der Waals surface area contributed by atoms with Crippen molar-refractivity contribution in [3.8, 4) is 0 Å². The lowest BCUT2D eigenvalue weighted by atomic mass is 9.99. The zero-order valence-electron chi connectivity index (χ0n) is 31.4. The molecule has 22 heteroatoms. The number of ether oxygens (including phenoxy) is 1. The van der Waals surface area contributed by atoms with Crippen LogP contribution in [0.1, 0.15) is 54.0 Å². The molecule has 18 nitrogen and oxygen atoms in total. The van der Waals surface area contributed by atoms with E-state index in [1.165, 1.54) is 40.4 Å². The minimum Gasteiger partial charge on any atom is -0.448 e. The molecule has 2 aliphatic rings. The SMILES string of the molecule is Cc1cc(C(=S)C2=C(C(=O)OC(c3ccccc3)c3ccccc3)N3C(=O)C(NC(=O)C(=NOC(C)(C)C(=O)NN)c4csc(N)n4)[C@@H]3SC2)n2nc(CO)nc2n1.Cl. The van der Waals surface area contributed by atoms with Crippen molar-refractivity contribution < 1.29 is 33.9 Å². The number of hydrogen-bond acceptors (Lipinski definition) is 17. The summed E-state index contributed by atoms with van der Waals surface area (Å²) >= 11 is 8.34. The zero-order valence-corrected chi connectivity index (χ0v) is 34.7. The molecule has 7 N–H and O–H groups in total. The molecular weight excluding hydrogens is 842 g/mol. The number of thiazole rings is 1. The Labute approximate surface area is 355 Å². The van der Waals surface area contributed by atoms with Gasteiger partial charge in [-0.1, -0.05) is 78.0 Å². The Hall–Kier alpha value is -5.84. The van der Waals surface area contributed by atoms with Crippen molar-refractivity contribution in [2.45, 2.75) is 50.5 Å². The number of aryl methyl sites for hydroxylation is 1. The van der Waals surface area contributed by atoms with Gasteiger partial charge >= 0.3 is 5.97 Å². The third-order valence-electron chi connectivity index (χ3n) is 9.03. The van der Waals surface area contributed by atoms with Crippen LogP contribution in [0.3, 0.4) is 0 Å². The normalized spacial score (nSPS) is 16.5. The van der Waals surface area contributed by atoms with Crippen LogP contribution in [0.4, 0.5) is 5.13 Å². The van der Waals surface area contributed by atoms with Crippen molar-refractivity contribution in [2.24, 2.45) is 11.0 Å². The molecule has 2 aliphatic heterocycles. The fraction of sp³-hybridized carbons (Fsp3) is 0.243. The van der Waals surface area contributed by atoms with Crippen LogP contribution in [0.2, 0.25) is 0 Å². The Kier molecular flexibility index (Phi) is 12.7. The van der Waals surface area contributed by atoms with Crippen molar-refractivity contribution in [3.05, 3.63) is 117 Å². The standard InChI is InChI=1S/C37H35N11O7S3.ClH/c1-18-14-23(48-36(40-18)42-24(15-49)45-48)29(56)21-16-57-32-26(43-30(50)25(22-17-58-35(38)41-22)46-55-37(2,3)34(53)44-39)31(51)47(32)27(21)33(52)54-28(19-10-6-4-7-11-19)20-12-8-5-9-13-20;/h4-14,17,26,28,32,49H,15-16,39H2,1-3H3,(H2,38,41)(H,43,50)(H,44,53);1H/t26?,32-;/m0./s1. The molecule has 5 aromatic rings. The second-order valence-electron chi connectivity index (χ2n) is 13.4. The van der Waals surface area contributed by atoms with E-state index in [-0.39, 0.29) is 56.9 Å². The Bertz CT molecular complexity index is 2470. The molecule has 3 amide bonds. The van der Waals surface area contributed by atoms with Crippen LogP contribution < -0.4 is 22.3 Å². The molecule has 0 bridgehead atoms. The van der Waals surface area contributed by atoms with Crippen molar-refractivity contribution in [1.82, 2.24) is 40.2 Å². The van der Waals surface area contributed by atoms with E-state index in [4.69, 9.17) is 33.4 Å². The minimum atomic E-state index is -1.60. The largest absolute Gasteiger partial charge is 0.448 e. The number of rotatable bonds is 13. The van der Waals surface area contributed by atoms with Crippen LogP contribution >= 0.6 is 47.7 Å². The highest BCUT2D eigenvalue weighted by molar-refractivity contribution is 8.00. The number of esters is 1. The Morgan fingerprint density at radius 3 is 2.34 bits per heavy atom. The van der Waals surface area contributed by atoms with Gasteiger partial charge in [-0.3, -0.25) is 24.7 Å². The highest BCUT2D eigenvalue weighted by Crippen LogP contribution is 2.43. The van der Waals surface area contributed by atoms with Crippen LogP contribution in [-0.2, 0) is 35.4 Å². The number of aromatic nitrogens is 5. The molecule has 3 aromatic heterocycles. The summed E-state index contributed by atoms with van der Waals surface area (Å²) in [7, 11) is 0. The summed E-state index contributed by atoms with van der Waals surface area (Å²) < 4.78 is 7.67. The second-order valence-corrected chi connectivity index (χ2v) is 15.8. The van der Waals surface area contributed by atoms with Crippen molar-refractivity contribution >= 4 is 92.9 Å². The number of nitrogen functional groups attached to an aromatic ring is 1. The van der Waals surface area contributed by atoms with E-state index in [2.05, 4.69) is 30.5 Å². The van der Waals surface area contributed by atoms with Gasteiger partial charge in [-0.2, -0.15) is 9.50 Å². The summed E-state index contributed by atoms with van der Waals surface area (Å²) in [6.45, 7) is 4.06. The number of anilines is 1. The number of nitrogens with one attached hydrogen (secondary N) is 2. The molecular formula is C37H36ClN11O7S3. The number of benzene rings is 2. The number of aliphatic hydroxyl groups excluding tert-OH is 1. The summed E-state index contributed by atoms with van der Waals surface area (Å²) in [5.74, 6) is 2.60. The number of amides is 3. The topological polar surface area (TPSA) is 255 Å². The van der Waals surface area contributed by atoms with Gasteiger partial charge in [-0.25, -0.2) is 20.6 Å². The number of nitrogens with two attached hydrogens (primary N) is 2. The molecule has 5 heterocycles. The third kappa shape index (κ3) is 8.51. The molecule has 59 heavy (non-hydrogen) atoms. The quantitative estimate of drug-likeness (QED) is 0.0166. The van der Waals surface area contributed by atoms with Gasteiger partial charge < -0.3 is 25.7 Å². The van der Waals surface area contributed by atoms with Gasteiger partial charge in [0.05, 0.1) is 10.6 Å². The predicted molar refractivity (Wildman–Crippen MR) is 224 cm³/mol. The number of carbonyl (C=O) groups excluding carboxylic acids is 4. The molecule has 7 rings (SSSR count). The number of oxime groups is 1. The maximum Gasteiger partial charge on any atom is 0.356 e. The summed E-state index contributed by atoms with van der Waals surface area (Å²) in [5, 5.41) is 21.6. The van der Waals surface area contributed by atoms with Crippen molar-refractivity contribution in [2.75, 3.05) is 11.5 Å². The molecule has 0 saturated carbocycles. The average Bonchev–Trinajstić information content (AvgIpc) is 3.86. The highest BCUT2D eigenvalue weighted by Gasteiger charge is 2.55. The van der Waals surface area contributed by atoms with Gasteiger partial charge in [0.2, 0.25) is 5.60 Å². The molecule has 2 atom stereocenters. The lowest BCUT2D eigenvalue weighted by Crippen LogP contribution is -2.71. The number of halogens is 1. The van der Waals surface area contributed by atoms with Crippen LogP contribution in [0.5, 0.6) is 0 Å². The molecule has 0 radical (unpaired) electrons. The predicted octanol–water partition coefficient (Wildman–Crippen LogP) is 2.28. The Balaban J connectivity index is 0.00000585. The number of fused-ring (bicyclic) bond motifs is 2. The number of thioether (sulfide) groups is 1. The number of thiocarbonyl (C=S) groups is 1. The van der Waals surface area contributed by atoms with E-state index in [9.17, 15) is 24.3 Å². The lowest BCUT2D eigenvalue weighted by molar-refractivity contribution is -0.154. The van der Waals surface area contributed by atoms with E-state index >= 15 is 0 Å². The molecule has 1 unspecified atom stereocenters. The number of hydrogen-bond donors (Lipinski definition) is 5. The minimum absolute atomic E-state index is 0. The van der Waals surface area contributed by atoms with Gasteiger partial charge in [-0.15, -0.1) is 40.6 Å². The van der Waals surface area contributed by atoms with Crippen LogP contribution in [-0.4, -0.2) is 91.6 Å². The van der Waals surface area contributed by atoms with Crippen LogP contribution in [0.15, 0.2) is 88.5 Å². The van der Waals surface area contributed by atoms with Gasteiger partial charge in [0.1, 0.15) is 29.4 Å². The number of nitrogens with zero attached hydrogens (tertiary/aromatic N) is 7. The number of aliphatic hydroxyl groups is 1. The van der Waals surface area contributed by atoms with E-state index in [0.29, 0.717) is 28.1 Å². The van der Waals surface area contributed by atoms with Crippen molar-refractivity contribution in [1.29, 1.82) is 0 Å². The lowest BCUT2D eigenvalue weighted by Gasteiger charge is -2.49. The summed E-state index contributed by atoms with van der Waals surface area (Å²) in [5.41, 5.74) is 8.32. The third-order valence-corrected chi connectivity index (χ3v) is 11.4. The molecule has 2 aromatic carbocycles. The maximum absolute atomic E-state index is 14.7. The van der Waals surface area contributed by atoms with Crippen molar-refractivity contribution in [3.63, 3.8) is 0 Å². The fourth-order valence-corrected chi connectivity index (χ4v) is 8.43. The zero-order chi connectivity index (χ0) is 41.3. The summed E-state index contributed by atoms with van der Waals surface area (Å²) in [4.78, 5) is 74.8. The molecule has 1 fully saturated rings. The Morgan fingerprint density at radius 1 is 1.08 bits per heavy atom. The van der Waals surface area contributed by atoms with E-state index in [0.717, 1.165) is 11.3 Å². The van der Waals surface area contributed by atoms with E-state index < -0.39 is 53.4 Å². The van der Waals surface area contributed by atoms with Gasteiger partial charge in [-0.05, 0) is 38.0 Å². The number of carbonyl (C=O) groups is 4. The Morgan fingerprint density at radius 2 is 1.75 bits per heavy atom. The molecule has 0 aliphatic carbocycles. The van der Waals surface area contributed by atoms with Gasteiger partial charge in [0, 0.05) is 22.4 Å². The van der Waals surface area contributed by atoms with E-state index in [1.807, 2.05) is 66.1 Å². The highest BCUT2D eigenvalue weighted by atomic mass is 35.5. The van der Waals surface area contributed by atoms with E-state index in [1.54, 1.807) is 13.0 Å².